The number of rotatable bonds is 4. The maximum atomic E-state index is 4.46. The number of nitrogens with zero attached hydrogens (tertiary/aromatic N) is 2. The molecule has 0 spiro atoms. The van der Waals surface area contributed by atoms with Crippen molar-refractivity contribution in [2.75, 3.05) is 5.32 Å². The lowest BCUT2D eigenvalue weighted by Crippen LogP contribution is -2.10. The van der Waals surface area contributed by atoms with Gasteiger partial charge in [0.1, 0.15) is 0 Å². The molecule has 0 fully saturated rings. The first-order valence-corrected chi connectivity index (χ1v) is 7.26. The molecule has 3 nitrogen and oxygen atoms in total. The highest BCUT2D eigenvalue weighted by Gasteiger charge is 2.12. The zero-order valence-corrected chi connectivity index (χ0v) is 13.2. The molecule has 0 aliphatic carbocycles. The van der Waals surface area contributed by atoms with Gasteiger partial charge >= 0.3 is 0 Å². The molecule has 3 heteroatoms. The predicted octanol–water partition coefficient (Wildman–Crippen LogP) is 3.89. The van der Waals surface area contributed by atoms with Crippen LogP contribution in [0.3, 0.4) is 0 Å². The Morgan fingerprint density at radius 2 is 1.80 bits per heavy atom. The molecule has 1 N–H and O–H groups in total. The van der Waals surface area contributed by atoms with Gasteiger partial charge in [0.05, 0.1) is 5.69 Å². The molecule has 0 saturated heterocycles. The van der Waals surface area contributed by atoms with E-state index in [0.29, 0.717) is 0 Å². The van der Waals surface area contributed by atoms with Gasteiger partial charge in [0.25, 0.3) is 0 Å². The number of aromatic nitrogens is 2. The minimum Gasteiger partial charge on any atom is -0.381 e. The van der Waals surface area contributed by atoms with Crippen LogP contribution in [0.15, 0.2) is 30.5 Å². The molecule has 108 valence electrons. The number of aryl methyl sites for hydroxylation is 2. The van der Waals surface area contributed by atoms with Crippen molar-refractivity contribution in [3.05, 3.63) is 47.3 Å². The monoisotopic (exact) mass is 271 g/mol. The second-order valence-electron chi connectivity index (χ2n) is 6.31. The van der Waals surface area contributed by atoms with Gasteiger partial charge in [0, 0.05) is 31.0 Å². The third-order valence-corrected chi connectivity index (χ3v) is 3.56. The zero-order chi connectivity index (χ0) is 14.8. The average molecular weight is 271 g/mol. The average Bonchev–Trinajstić information content (AvgIpc) is 2.76. The molecule has 0 radical (unpaired) electrons. The van der Waals surface area contributed by atoms with Crippen molar-refractivity contribution in [2.45, 2.75) is 46.1 Å². The number of benzene rings is 1. The van der Waals surface area contributed by atoms with Crippen molar-refractivity contribution in [2.24, 2.45) is 7.05 Å². The summed E-state index contributed by atoms with van der Waals surface area (Å²) < 4.78 is 1.89. The molecule has 1 aromatic carbocycles. The number of hydrogen-bond acceptors (Lipinski definition) is 2. The van der Waals surface area contributed by atoms with E-state index >= 15 is 0 Å². The van der Waals surface area contributed by atoms with E-state index in [1.54, 1.807) is 0 Å². The van der Waals surface area contributed by atoms with Gasteiger partial charge in [-0.15, -0.1) is 0 Å². The number of anilines is 1. The first kappa shape index (κ1) is 14.6. The SMILES string of the molecule is CCc1nn(C)cc1CNc1ccc(C(C)(C)C)cc1. The lowest BCUT2D eigenvalue weighted by molar-refractivity contribution is 0.590. The van der Waals surface area contributed by atoms with E-state index in [1.807, 2.05) is 11.7 Å². The van der Waals surface area contributed by atoms with Crippen molar-refractivity contribution in [1.82, 2.24) is 9.78 Å². The summed E-state index contributed by atoms with van der Waals surface area (Å²) in [6.07, 6.45) is 3.07. The Morgan fingerprint density at radius 3 is 2.35 bits per heavy atom. The van der Waals surface area contributed by atoms with Crippen LogP contribution in [-0.4, -0.2) is 9.78 Å². The molecule has 0 amide bonds. The van der Waals surface area contributed by atoms with Crippen LogP contribution in [0.5, 0.6) is 0 Å². The minimum absolute atomic E-state index is 0.206. The quantitative estimate of drug-likeness (QED) is 0.914. The van der Waals surface area contributed by atoms with Gasteiger partial charge in [-0.2, -0.15) is 5.10 Å². The Bertz CT molecular complexity index is 559. The van der Waals surface area contributed by atoms with Crippen LogP contribution in [0.1, 0.15) is 44.5 Å². The molecule has 2 aromatic rings. The molecular formula is C17H25N3. The normalized spacial score (nSPS) is 11.7. The molecule has 1 heterocycles. The minimum atomic E-state index is 0.206. The summed E-state index contributed by atoms with van der Waals surface area (Å²) in [7, 11) is 1.97. The molecule has 0 aliphatic rings. The Morgan fingerprint density at radius 1 is 1.15 bits per heavy atom. The van der Waals surface area contributed by atoms with E-state index in [1.165, 1.54) is 16.8 Å². The largest absolute Gasteiger partial charge is 0.381 e. The standard InChI is InChI=1S/C17H25N3/c1-6-16-13(12-20(5)19-16)11-18-15-9-7-14(8-10-15)17(2,3)4/h7-10,12,18H,6,11H2,1-5H3. The molecule has 20 heavy (non-hydrogen) atoms. The number of nitrogens with one attached hydrogen (secondary N) is 1. The fourth-order valence-corrected chi connectivity index (χ4v) is 2.31. The van der Waals surface area contributed by atoms with Crippen molar-refractivity contribution >= 4 is 5.69 Å². The molecule has 0 saturated carbocycles. The molecule has 0 aliphatic heterocycles. The fourth-order valence-electron chi connectivity index (χ4n) is 2.31. The van der Waals surface area contributed by atoms with Crippen molar-refractivity contribution in [1.29, 1.82) is 0 Å². The second kappa shape index (κ2) is 5.70. The van der Waals surface area contributed by atoms with Crippen molar-refractivity contribution in [3.63, 3.8) is 0 Å². The zero-order valence-electron chi connectivity index (χ0n) is 13.2. The molecular weight excluding hydrogens is 246 g/mol. The Balaban J connectivity index is 2.04. The molecule has 2 rings (SSSR count). The van der Waals surface area contributed by atoms with E-state index < -0.39 is 0 Å². The van der Waals surface area contributed by atoms with Crippen LogP contribution in [0, 0.1) is 0 Å². The van der Waals surface area contributed by atoms with Crippen LogP contribution < -0.4 is 5.32 Å². The van der Waals surface area contributed by atoms with E-state index in [0.717, 1.165) is 18.7 Å². The molecule has 0 atom stereocenters. The highest BCUT2D eigenvalue weighted by atomic mass is 15.3. The summed E-state index contributed by atoms with van der Waals surface area (Å²) in [5.41, 5.74) is 5.17. The fraction of sp³-hybridized carbons (Fsp3) is 0.471. The molecule has 0 unspecified atom stereocenters. The maximum absolute atomic E-state index is 4.46. The number of hydrogen-bond donors (Lipinski definition) is 1. The first-order valence-electron chi connectivity index (χ1n) is 7.26. The summed E-state index contributed by atoms with van der Waals surface area (Å²) in [6, 6.07) is 8.71. The topological polar surface area (TPSA) is 29.9 Å². The van der Waals surface area contributed by atoms with Crippen LogP contribution in [0.4, 0.5) is 5.69 Å². The highest BCUT2D eigenvalue weighted by Crippen LogP contribution is 2.23. The summed E-state index contributed by atoms with van der Waals surface area (Å²) >= 11 is 0. The van der Waals surface area contributed by atoms with Crippen LogP contribution >= 0.6 is 0 Å². The van der Waals surface area contributed by atoms with Gasteiger partial charge in [-0.05, 0) is 29.5 Å². The molecule has 0 bridgehead atoms. The predicted molar refractivity (Wildman–Crippen MR) is 85.1 cm³/mol. The van der Waals surface area contributed by atoms with Gasteiger partial charge in [-0.3, -0.25) is 4.68 Å². The van der Waals surface area contributed by atoms with Crippen molar-refractivity contribution < 1.29 is 0 Å². The first-order chi connectivity index (χ1) is 9.40. The summed E-state index contributed by atoms with van der Waals surface area (Å²) in [4.78, 5) is 0. The highest BCUT2D eigenvalue weighted by molar-refractivity contribution is 5.46. The Kier molecular flexibility index (Phi) is 4.17. The van der Waals surface area contributed by atoms with Crippen LogP contribution in [-0.2, 0) is 25.4 Å². The Hall–Kier alpha value is -1.77. The van der Waals surface area contributed by atoms with Gasteiger partial charge in [-0.1, -0.05) is 39.8 Å². The summed E-state index contributed by atoms with van der Waals surface area (Å²) in [6.45, 7) is 9.67. The lowest BCUT2D eigenvalue weighted by Gasteiger charge is -2.19. The van der Waals surface area contributed by atoms with Gasteiger partial charge in [0.2, 0.25) is 0 Å². The van der Waals surface area contributed by atoms with E-state index in [-0.39, 0.29) is 5.41 Å². The van der Waals surface area contributed by atoms with Crippen LogP contribution in [0.25, 0.3) is 0 Å². The van der Waals surface area contributed by atoms with E-state index in [9.17, 15) is 0 Å². The van der Waals surface area contributed by atoms with E-state index in [2.05, 4.69) is 68.6 Å². The smallest absolute Gasteiger partial charge is 0.0671 e. The summed E-state index contributed by atoms with van der Waals surface area (Å²) in [5.74, 6) is 0. The lowest BCUT2D eigenvalue weighted by atomic mass is 9.87. The van der Waals surface area contributed by atoms with Crippen LogP contribution in [0.2, 0.25) is 0 Å². The van der Waals surface area contributed by atoms with E-state index in [4.69, 9.17) is 0 Å². The van der Waals surface area contributed by atoms with Gasteiger partial charge in [-0.25, -0.2) is 0 Å². The van der Waals surface area contributed by atoms with Gasteiger partial charge < -0.3 is 5.32 Å². The van der Waals surface area contributed by atoms with Gasteiger partial charge in [0.15, 0.2) is 0 Å². The maximum Gasteiger partial charge on any atom is 0.0671 e. The second-order valence-corrected chi connectivity index (χ2v) is 6.31. The van der Waals surface area contributed by atoms with Crippen molar-refractivity contribution in [3.8, 4) is 0 Å². The Labute approximate surface area is 122 Å². The third-order valence-electron chi connectivity index (χ3n) is 3.56. The third kappa shape index (κ3) is 3.41. The molecule has 1 aromatic heterocycles. The summed E-state index contributed by atoms with van der Waals surface area (Å²) in [5, 5.41) is 7.94.